The van der Waals surface area contributed by atoms with Gasteiger partial charge in [0.1, 0.15) is 29.8 Å². The third-order valence-electron chi connectivity index (χ3n) is 5.70. The molecule has 0 unspecified atom stereocenters. The summed E-state index contributed by atoms with van der Waals surface area (Å²) in [7, 11) is 0. The molecular weight excluding hydrogens is 490 g/mol. The Bertz CT molecular complexity index is 1490. The van der Waals surface area contributed by atoms with Gasteiger partial charge in [0.05, 0.1) is 22.2 Å². The predicted octanol–water partition coefficient (Wildman–Crippen LogP) is 6.32. The van der Waals surface area contributed by atoms with Gasteiger partial charge in [-0.2, -0.15) is 5.26 Å². The highest BCUT2D eigenvalue weighted by atomic mass is 35.5. The largest absolute Gasteiger partial charge is 0.489 e. The molecule has 6 nitrogen and oxygen atoms in total. The number of H-pyrrole nitrogens is 1. The van der Waals surface area contributed by atoms with E-state index in [-0.39, 0.29) is 29.8 Å². The first-order valence-corrected chi connectivity index (χ1v) is 11.3. The zero-order valence-electron chi connectivity index (χ0n) is 18.1. The molecule has 174 valence electrons. The fourth-order valence-corrected chi connectivity index (χ4v) is 4.51. The number of allylic oxidation sites excluding steroid dienone is 1. The molecule has 0 saturated carbocycles. The number of aromatic nitrogens is 2. The molecule has 1 aliphatic heterocycles. The molecule has 0 bridgehead atoms. The van der Waals surface area contributed by atoms with Crippen LogP contribution in [0.5, 0.6) is 11.6 Å². The van der Waals surface area contributed by atoms with Gasteiger partial charge in [-0.05, 0) is 42.0 Å². The third-order valence-corrected chi connectivity index (χ3v) is 6.25. The second kappa shape index (κ2) is 9.34. The lowest BCUT2D eigenvalue weighted by Crippen LogP contribution is -2.21. The van der Waals surface area contributed by atoms with Crippen molar-refractivity contribution in [3.63, 3.8) is 0 Å². The molecule has 9 heteroatoms. The SMILES string of the molecule is N#CC1=C(N)Oc2n[nH]c(-c3ccc(Cl)cc3Cl)c2[C@H]1c1ccc(OCc2ccccc2F)cc1. The molecule has 0 aliphatic carbocycles. The smallest absolute Gasteiger partial charge is 0.244 e. The molecule has 0 saturated heterocycles. The quantitative estimate of drug-likeness (QED) is 0.330. The lowest BCUT2D eigenvalue weighted by Gasteiger charge is -2.24. The van der Waals surface area contributed by atoms with Crippen LogP contribution in [0, 0.1) is 17.1 Å². The number of nitrogens with one attached hydrogen (secondary N) is 1. The van der Waals surface area contributed by atoms with Crippen molar-refractivity contribution in [1.82, 2.24) is 10.2 Å². The number of nitriles is 1. The number of nitrogens with two attached hydrogens (primary N) is 1. The Kier molecular flexibility index (Phi) is 6.08. The Morgan fingerprint density at radius 3 is 2.60 bits per heavy atom. The Hall–Kier alpha value is -3.99. The van der Waals surface area contributed by atoms with Gasteiger partial charge in [0.25, 0.3) is 0 Å². The van der Waals surface area contributed by atoms with E-state index >= 15 is 0 Å². The van der Waals surface area contributed by atoms with Gasteiger partial charge in [-0.15, -0.1) is 5.10 Å². The summed E-state index contributed by atoms with van der Waals surface area (Å²) in [5.41, 5.74) is 9.39. The molecule has 0 radical (unpaired) electrons. The van der Waals surface area contributed by atoms with E-state index in [4.69, 9.17) is 38.4 Å². The van der Waals surface area contributed by atoms with Crippen LogP contribution in [0.1, 0.15) is 22.6 Å². The maximum absolute atomic E-state index is 13.9. The van der Waals surface area contributed by atoms with Crippen molar-refractivity contribution >= 4 is 23.2 Å². The molecule has 2 heterocycles. The standard InChI is InChI=1S/C26H17Cl2FN4O2/c27-16-7-10-18(20(28)11-16)24-23-22(19(12-30)25(31)35-26(23)33-32-24)14-5-8-17(9-6-14)34-13-15-3-1-2-4-21(15)29/h1-11,22H,13,31H2,(H,32,33)/t22-/m0/s1. The Morgan fingerprint density at radius 1 is 1.11 bits per heavy atom. The number of rotatable bonds is 5. The molecule has 4 aromatic rings. The molecule has 1 atom stereocenters. The number of benzene rings is 3. The Morgan fingerprint density at radius 2 is 1.89 bits per heavy atom. The maximum Gasteiger partial charge on any atom is 0.244 e. The van der Waals surface area contributed by atoms with E-state index in [1.165, 1.54) is 6.07 Å². The summed E-state index contributed by atoms with van der Waals surface area (Å²) in [5.74, 6) is -0.109. The number of fused-ring (bicyclic) bond motifs is 1. The van der Waals surface area contributed by atoms with Gasteiger partial charge in [0.2, 0.25) is 11.8 Å². The van der Waals surface area contributed by atoms with Gasteiger partial charge in [0.15, 0.2) is 0 Å². The summed E-state index contributed by atoms with van der Waals surface area (Å²) in [6, 6.07) is 20.9. The van der Waals surface area contributed by atoms with E-state index in [9.17, 15) is 9.65 Å². The van der Waals surface area contributed by atoms with Gasteiger partial charge in [-0.25, -0.2) is 4.39 Å². The fourth-order valence-electron chi connectivity index (χ4n) is 4.01. The van der Waals surface area contributed by atoms with E-state index in [2.05, 4.69) is 16.3 Å². The van der Waals surface area contributed by atoms with Crippen LogP contribution in [-0.2, 0) is 6.61 Å². The highest BCUT2D eigenvalue weighted by molar-refractivity contribution is 6.36. The minimum atomic E-state index is -0.565. The summed E-state index contributed by atoms with van der Waals surface area (Å²) in [4.78, 5) is 0. The van der Waals surface area contributed by atoms with E-state index < -0.39 is 5.92 Å². The molecule has 0 amide bonds. The molecule has 3 aromatic carbocycles. The molecule has 3 N–H and O–H groups in total. The molecular formula is C26H17Cl2FN4O2. The number of hydrogen-bond donors (Lipinski definition) is 2. The predicted molar refractivity (Wildman–Crippen MR) is 131 cm³/mol. The summed E-state index contributed by atoms with van der Waals surface area (Å²) < 4.78 is 25.3. The summed E-state index contributed by atoms with van der Waals surface area (Å²) in [6.45, 7) is 0.0880. The van der Waals surface area contributed by atoms with Crippen LogP contribution in [0.15, 0.2) is 78.2 Å². The molecule has 5 rings (SSSR count). The van der Waals surface area contributed by atoms with Crippen LogP contribution in [0.4, 0.5) is 4.39 Å². The van der Waals surface area contributed by atoms with Crippen LogP contribution < -0.4 is 15.2 Å². The summed E-state index contributed by atoms with van der Waals surface area (Å²) in [6.07, 6.45) is 0. The Balaban J connectivity index is 1.51. The molecule has 0 spiro atoms. The second-order valence-corrected chi connectivity index (χ2v) is 8.66. The average molecular weight is 507 g/mol. The van der Waals surface area contributed by atoms with Gasteiger partial charge >= 0.3 is 0 Å². The van der Waals surface area contributed by atoms with Crippen molar-refractivity contribution in [2.75, 3.05) is 0 Å². The van der Waals surface area contributed by atoms with Crippen LogP contribution in [0.2, 0.25) is 10.0 Å². The highest BCUT2D eigenvalue weighted by Gasteiger charge is 2.36. The Labute approximate surface area is 210 Å². The van der Waals surface area contributed by atoms with Crippen molar-refractivity contribution < 1.29 is 13.9 Å². The van der Waals surface area contributed by atoms with Crippen molar-refractivity contribution in [2.45, 2.75) is 12.5 Å². The van der Waals surface area contributed by atoms with Crippen LogP contribution >= 0.6 is 23.2 Å². The van der Waals surface area contributed by atoms with Crippen LogP contribution in [0.3, 0.4) is 0 Å². The molecule has 1 aliphatic rings. The number of halogens is 3. The van der Waals surface area contributed by atoms with Crippen LogP contribution in [0.25, 0.3) is 11.3 Å². The number of aromatic amines is 1. The first-order chi connectivity index (χ1) is 17.0. The van der Waals surface area contributed by atoms with Crippen molar-refractivity contribution in [3.05, 3.63) is 111 Å². The van der Waals surface area contributed by atoms with Gasteiger partial charge < -0.3 is 15.2 Å². The highest BCUT2D eigenvalue weighted by Crippen LogP contribution is 2.47. The fraction of sp³-hybridized carbons (Fsp3) is 0.0769. The molecule has 0 fully saturated rings. The monoisotopic (exact) mass is 506 g/mol. The van der Waals surface area contributed by atoms with E-state index in [0.29, 0.717) is 38.2 Å². The summed E-state index contributed by atoms with van der Waals surface area (Å²) >= 11 is 12.5. The maximum atomic E-state index is 13.9. The van der Waals surface area contributed by atoms with E-state index in [1.54, 1.807) is 48.5 Å². The lowest BCUT2D eigenvalue weighted by atomic mass is 9.83. The number of ether oxygens (including phenoxy) is 2. The minimum absolute atomic E-state index is 0.0230. The molecule has 1 aromatic heterocycles. The number of nitrogens with zero attached hydrogens (tertiary/aromatic N) is 2. The van der Waals surface area contributed by atoms with Crippen LogP contribution in [-0.4, -0.2) is 10.2 Å². The third kappa shape index (κ3) is 4.30. The molecule has 35 heavy (non-hydrogen) atoms. The van der Waals surface area contributed by atoms with E-state index in [1.807, 2.05) is 12.1 Å². The normalized spacial score (nSPS) is 14.7. The van der Waals surface area contributed by atoms with Crippen molar-refractivity contribution in [1.29, 1.82) is 5.26 Å². The summed E-state index contributed by atoms with van der Waals surface area (Å²) in [5, 5.41) is 18.0. The van der Waals surface area contributed by atoms with Crippen molar-refractivity contribution in [3.8, 4) is 29.0 Å². The second-order valence-electron chi connectivity index (χ2n) is 7.82. The zero-order valence-corrected chi connectivity index (χ0v) is 19.6. The zero-order chi connectivity index (χ0) is 24.5. The van der Waals surface area contributed by atoms with Crippen molar-refractivity contribution in [2.24, 2.45) is 5.73 Å². The first-order valence-electron chi connectivity index (χ1n) is 10.5. The van der Waals surface area contributed by atoms with Gasteiger partial charge in [-0.1, -0.05) is 53.5 Å². The minimum Gasteiger partial charge on any atom is -0.489 e. The van der Waals surface area contributed by atoms with Gasteiger partial charge in [-0.3, -0.25) is 5.10 Å². The van der Waals surface area contributed by atoms with Gasteiger partial charge in [0, 0.05) is 16.1 Å². The first kappa shape index (κ1) is 22.8. The number of hydrogen-bond acceptors (Lipinski definition) is 5. The topological polar surface area (TPSA) is 97.0 Å². The average Bonchev–Trinajstić information content (AvgIpc) is 3.26. The lowest BCUT2D eigenvalue weighted by molar-refractivity contribution is 0.300. The van der Waals surface area contributed by atoms with E-state index in [0.717, 1.165) is 5.56 Å².